The van der Waals surface area contributed by atoms with Crippen LogP contribution in [0.1, 0.15) is 31.8 Å². The van der Waals surface area contributed by atoms with Crippen LogP contribution in [0.25, 0.3) is 10.8 Å². The van der Waals surface area contributed by atoms with Crippen LogP contribution in [-0.4, -0.2) is 30.5 Å². The Morgan fingerprint density at radius 2 is 1.70 bits per heavy atom. The van der Waals surface area contributed by atoms with Gasteiger partial charge in [-0.1, -0.05) is 71.2 Å². The normalized spacial score (nSPS) is 10.9. The Balaban J connectivity index is 1.47. The first-order valence-corrected chi connectivity index (χ1v) is 11.9. The Labute approximate surface area is 223 Å². The van der Waals surface area contributed by atoms with E-state index in [4.69, 9.17) is 27.9 Å². The molecule has 0 radical (unpaired) electrons. The Hall–Kier alpha value is -4.20. The zero-order valence-corrected chi connectivity index (χ0v) is 21.1. The molecule has 2 N–H and O–H groups in total. The first-order chi connectivity index (χ1) is 17.8. The van der Waals surface area contributed by atoms with Crippen molar-refractivity contribution in [3.05, 3.63) is 111 Å². The van der Waals surface area contributed by atoms with Gasteiger partial charge in [0.05, 0.1) is 28.4 Å². The van der Waals surface area contributed by atoms with Crippen molar-refractivity contribution < 1.29 is 19.1 Å². The first kappa shape index (κ1) is 25.9. The number of hydrazone groups is 1. The molecule has 0 unspecified atom stereocenters. The number of carbonyl (C=O) groups is 3. The van der Waals surface area contributed by atoms with Crippen LogP contribution in [0.2, 0.25) is 10.0 Å². The number of ether oxygens (including phenoxy) is 1. The summed E-state index contributed by atoms with van der Waals surface area (Å²) in [4.78, 5) is 37.3. The van der Waals surface area contributed by atoms with Gasteiger partial charge in [-0.2, -0.15) is 5.10 Å². The van der Waals surface area contributed by atoms with Crippen LogP contribution in [0.4, 0.5) is 0 Å². The summed E-state index contributed by atoms with van der Waals surface area (Å²) in [5, 5.41) is 8.74. The Morgan fingerprint density at radius 1 is 0.892 bits per heavy atom. The Morgan fingerprint density at radius 3 is 2.49 bits per heavy atom. The number of nitrogens with zero attached hydrogens (tertiary/aromatic N) is 1. The van der Waals surface area contributed by atoms with E-state index in [1.807, 2.05) is 43.3 Å². The van der Waals surface area contributed by atoms with Gasteiger partial charge in [-0.3, -0.25) is 9.59 Å². The molecule has 0 atom stereocenters. The van der Waals surface area contributed by atoms with Crippen molar-refractivity contribution in [2.75, 3.05) is 6.54 Å². The van der Waals surface area contributed by atoms with E-state index in [0.717, 1.165) is 16.3 Å². The van der Waals surface area contributed by atoms with E-state index >= 15 is 0 Å². The third-order valence-corrected chi connectivity index (χ3v) is 6.10. The number of hydrogen-bond acceptors (Lipinski definition) is 5. The number of fused-ring (bicyclic) bond motifs is 1. The summed E-state index contributed by atoms with van der Waals surface area (Å²) in [5.41, 5.74) is 4.50. The highest BCUT2D eigenvalue weighted by molar-refractivity contribution is 6.42. The molecule has 0 aliphatic carbocycles. The highest BCUT2D eigenvalue weighted by Crippen LogP contribution is 2.27. The number of amides is 2. The maximum Gasteiger partial charge on any atom is 0.343 e. The van der Waals surface area contributed by atoms with Crippen molar-refractivity contribution in [1.82, 2.24) is 10.7 Å². The van der Waals surface area contributed by atoms with Gasteiger partial charge >= 0.3 is 5.97 Å². The molecule has 9 heteroatoms. The molecule has 4 rings (SSSR count). The van der Waals surface area contributed by atoms with Crippen LogP contribution in [0, 0.1) is 6.92 Å². The lowest BCUT2D eigenvalue weighted by Crippen LogP contribution is -2.34. The van der Waals surface area contributed by atoms with Gasteiger partial charge < -0.3 is 10.1 Å². The van der Waals surface area contributed by atoms with E-state index in [9.17, 15) is 14.4 Å². The third kappa shape index (κ3) is 6.52. The SMILES string of the molecule is Cc1cccc(C(=O)Oc2ccc3ccccc3c2/C=N/NC(=O)CNC(=O)c2ccc(Cl)c(Cl)c2)c1. The van der Waals surface area contributed by atoms with E-state index in [2.05, 4.69) is 15.8 Å². The number of aryl methyl sites for hydroxylation is 1. The second kappa shape index (κ2) is 11.7. The number of halogens is 2. The summed E-state index contributed by atoms with van der Waals surface area (Å²) < 4.78 is 5.68. The maximum atomic E-state index is 12.8. The highest BCUT2D eigenvalue weighted by Gasteiger charge is 2.14. The first-order valence-electron chi connectivity index (χ1n) is 11.2. The van der Waals surface area contributed by atoms with Crippen LogP contribution in [0.15, 0.2) is 84.0 Å². The highest BCUT2D eigenvalue weighted by atomic mass is 35.5. The van der Waals surface area contributed by atoms with Crippen molar-refractivity contribution in [3.8, 4) is 5.75 Å². The Kier molecular flexibility index (Phi) is 8.18. The molecule has 2 amide bonds. The fourth-order valence-electron chi connectivity index (χ4n) is 3.54. The zero-order valence-electron chi connectivity index (χ0n) is 19.6. The summed E-state index contributed by atoms with van der Waals surface area (Å²) in [7, 11) is 0. The van der Waals surface area contributed by atoms with Crippen LogP contribution < -0.4 is 15.5 Å². The van der Waals surface area contributed by atoms with Crippen LogP contribution in [-0.2, 0) is 4.79 Å². The molecule has 0 aliphatic heterocycles. The Bertz CT molecular complexity index is 1540. The quantitative estimate of drug-likeness (QED) is 0.141. The zero-order chi connectivity index (χ0) is 26.4. The molecular formula is C28H21Cl2N3O4. The molecule has 0 bridgehead atoms. The van der Waals surface area contributed by atoms with Crippen LogP contribution in [0.5, 0.6) is 5.75 Å². The minimum absolute atomic E-state index is 0.234. The molecule has 7 nitrogen and oxygen atoms in total. The topological polar surface area (TPSA) is 96.9 Å². The molecule has 0 spiro atoms. The minimum Gasteiger partial charge on any atom is -0.422 e. The molecule has 4 aromatic rings. The third-order valence-electron chi connectivity index (χ3n) is 5.36. The average Bonchev–Trinajstić information content (AvgIpc) is 2.89. The fraction of sp³-hybridized carbons (Fsp3) is 0.0714. The number of carbonyl (C=O) groups excluding carboxylic acids is 3. The molecule has 0 saturated carbocycles. The maximum absolute atomic E-state index is 12.8. The fourth-order valence-corrected chi connectivity index (χ4v) is 3.84. The monoisotopic (exact) mass is 533 g/mol. The van der Waals surface area contributed by atoms with E-state index in [1.54, 1.807) is 24.3 Å². The second-order valence-electron chi connectivity index (χ2n) is 8.06. The lowest BCUT2D eigenvalue weighted by atomic mass is 10.0. The molecule has 0 saturated heterocycles. The average molecular weight is 534 g/mol. The molecule has 0 fully saturated rings. The second-order valence-corrected chi connectivity index (χ2v) is 8.88. The van der Waals surface area contributed by atoms with Crippen molar-refractivity contribution >= 4 is 58.0 Å². The molecule has 0 aromatic heterocycles. The van der Waals surface area contributed by atoms with Gasteiger partial charge in [0.15, 0.2) is 0 Å². The number of rotatable bonds is 7. The summed E-state index contributed by atoms with van der Waals surface area (Å²) in [6, 6.07) is 22.5. The predicted molar refractivity (Wildman–Crippen MR) is 145 cm³/mol. The number of hydrogen-bond donors (Lipinski definition) is 2. The standard InChI is InChI=1S/C28H21Cl2N3O4/c1-17-5-4-7-20(13-17)28(36)37-25-12-10-18-6-2-3-8-21(18)22(25)15-32-33-26(34)16-31-27(35)19-9-11-23(29)24(30)14-19/h2-15H,16H2,1H3,(H,31,35)(H,33,34)/b32-15+. The van der Waals surface area contributed by atoms with Crippen molar-refractivity contribution in [2.24, 2.45) is 5.10 Å². The van der Waals surface area contributed by atoms with Gasteiger partial charge in [0.1, 0.15) is 5.75 Å². The lowest BCUT2D eigenvalue weighted by molar-refractivity contribution is -0.120. The largest absolute Gasteiger partial charge is 0.422 e. The molecule has 0 heterocycles. The summed E-state index contributed by atoms with van der Waals surface area (Å²) in [6.45, 7) is 1.57. The van der Waals surface area contributed by atoms with Gasteiger partial charge in [0, 0.05) is 11.1 Å². The predicted octanol–water partition coefficient (Wildman–Crippen LogP) is 5.55. The van der Waals surface area contributed by atoms with Gasteiger partial charge in [0.25, 0.3) is 11.8 Å². The smallest absolute Gasteiger partial charge is 0.343 e. The van der Waals surface area contributed by atoms with E-state index in [-0.39, 0.29) is 22.9 Å². The number of benzene rings is 4. The minimum atomic E-state index is -0.553. The molecule has 4 aromatic carbocycles. The van der Waals surface area contributed by atoms with Crippen LogP contribution in [0.3, 0.4) is 0 Å². The van der Waals surface area contributed by atoms with Gasteiger partial charge in [-0.15, -0.1) is 0 Å². The lowest BCUT2D eigenvalue weighted by Gasteiger charge is -2.11. The summed E-state index contributed by atoms with van der Waals surface area (Å²) in [5.74, 6) is -1.26. The van der Waals surface area contributed by atoms with Crippen LogP contribution >= 0.6 is 23.2 Å². The van der Waals surface area contributed by atoms with E-state index < -0.39 is 17.8 Å². The summed E-state index contributed by atoms with van der Waals surface area (Å²) >= 11 is 11.8. The van der Waals surface area contributed by atoms with E-state index in [0.29, 0.717) is 16.1 Å². The molecular weight excluding hydrogens is 513 g/mol. The van der Waals surface area contributed by atoms with Crippen molar-refractivity contribution in [1.29, 1.82) is 0 Å². The number of nitrogens with one attached hydrogen (secondary N) is 2. The van der Waals surface area contributed by atoms with Gasteiger partial charge in [-0.05, 0) is 54.1 Å². The van der Waals surface area contributed by atoms with Gasteiger partial charge in [0.2, 0.25) is 0 Å². The van der Waals surface area contributed by atoms with Crippen molar-refractivity contribution in [3.63, 3.8) is 0 Å². The molecule has 0 aliphatic rings. The van der Waals surface area contributed by atoms with E-state index in [1.165, 1.54) is 24.4 Å². The number of esters is 1. The molecule has 37 heavy (non-hydrogen) atoms. The molecule has 186 valence electrons. The van der Waals surface area contributed by atoms with Gasteiger partial charge in [-0.25, -0.2) is 10.2 Å². The summed E-state index contributed by atoms with van der Waals surface area (Å²) in [6.07, 6.45) is 1.40. The van der Waals surface area contributed by atoms with Crippen molar-refractivity contribution in [2.45, 2.75) is 6.92 Å².